The third-order valence-corrected chi connectivity index (χ3v) is 4.00. The fourth-order valence-corrected chi connectivity index (χ4v) is 3.02. The van der Waals surface area contributed by atoms with E-state index < -0.39 is 5.60 Å². The average molecular weight is 272 g/mol. The minimum Gasteiger partial charge on any atom is -0.392 e. The molecular weight excluding hydrogens is 252 g/mol. The van der Waals surface area contributed by atoms with E-state index in [9.17, 15) is 10.2 Å². The van der Waals surface area contributed by atoms with Crippen LogP contribution in [0.15, 0.2) is 30.5 Å². The van der Waals surface area contributed by atoms with Crippen molar-refractivity contribution in [3.63, 3.8) is 0 Å². The first kappa shape index (κ1) is 13.3. The lowest BCUT2D eigenvalue weighted by molar-refractivity contribution is 0.0448. The van der Waals surface area contributed by atoms with Gasteiger partial charge in [-0.05, 0) is 25.2 Å². The molecule has 0 radical (unpaired) electrons. The summed E-state index contributed by atoms with van der Waals surface area (Å²) >= 11 is 0. The van der Waals surface area contributed by atoms with Crippen molar-refractivity contribution in [2.24, 2.45) is 0 Å². The molecule has 1 aromatic carbocycles. The molecule has 0 bridgehead atoms. The zero-order valence-corrected chi connectivity index (χ0v) is 11.7. The number of aromatic nitrogens is 1. The largest absolute Gasteiger partial charge is 0.392 e. The topological polar surface area (TPSA) is 56.6 Å². The average Bonchev–Trinajstić information content (AvgIpc) is 2.45. The summed E-state index contributed by atoms with van der Waals surface area (Å²) in [5.41, 5.74) is 0.185. The number of fused-ring (bicyclic) bond motifs is 1. The maximum absolute atomic E-state index is 10.3. The van der Waals surface area contributed by atoms with Gasteiger partial charge in [-0.2, -0.15) is 0 Å². The number of β-amino-alcohol motifs (C(OH)–C–C–N with tert-alkyl or cyclic N) is 1. The van der Waals surface area contributed by atoms with Crippen molar-refractivity contribution in [3.05, 3.63) is 36.0 Å². The number of aliphatic hydroxyl groups excluding tert-OH is 1. The third-order valence-electron chi connectivity index (χ3n) is 4.00. The number of aliphatic hydroxyl groups is 2. The highest BCUT2D eigenvalue weighted by Crippen LogP contribution is 2.31. The van der Waals surface area contributed by atoms with E-state index in [-0.39, 0.29) is 6.61 Å². The maximum atomic E-state index is 10.3. The predicted molar refractivity (Wildman–Crippen MR) is 79.7 cm³/mol. The lowest BCUT2D eigenvalue weighted by atomic mass is 9.94. The molecule has 2 aromatic rings. The van der Waals surface area contributed by atoms with Gasteiger partial charge in [0.2, 0.25) is 0 Å². The number of nitrogens with zero attached hydrogens (tertiary/aromatic N) is 2. The Kier molecular flexibility index (Phi) is 3.36. The number of hydrogen-bond acceptors (Lipinski definition) is 4. The number of benzene rings is 1. The predicted octanol–water partition coefficient (Wildman–Crippen LogP) is 2.08. The standard InChI is InChI=1S/C16H20N2O2/c1-16(20)7-4-8-18(11-16)15-14-6-3-2-5-13(14)12(10-19)9-17-15/h2-3,5-6,9,19-20H,4,7-8,10-11H2,1H3. The Hall–Kier alpha value is -1.65. The van der Waals surface area contributed by atoms with E-state index in [2.05, 4.69) is 9.88 Å². The van der Waals surface area contributed by atoms with E-state index in [0.717, 1.165) is 41.5 Å². The molecule has 1 atom stereocenters. The Bertz CT molecular complexity index is 625. The van der Waals surface area contributed by atoms with Crippen LogP contribution in [0.4, 0.5) is 5.82 Å². The fourth-order valence-electron chi connectivity index (χ4n) is 3.02. The van der Waals surface area contributed by atoms with E-state index in [1.165, 1.54) is 0 Å². The second kappa shape index (κ2) is 5.04. The van der Waals surface area contributed by atoms with Crippen LogP contribution >= 0.6 is 0 Å². The Morgan fingerprint density at radius 1 is 1.30 bits per heavy atom. The van der Waals surface area contributed by atoms with Gasteiger partial charge in [0.25, 0.3) is 0 Å². The van der Waals surface area contributed by atoms with Crippen molar-refractivity contribution in [3.8, 4) is 0 Å². The van der Waals surface area contributed by atoms with Crippen LogP contribution in [0.3, 0.4) is 0 Å². The summed E-state index contributed by atoms with van der Waals surface area (Å²) in [6.45, 7) is 3.38. The van der Waals surface area contributed by atoms with E-state index in [1.54, 1.807) is 6.20 Å². The quantitative estimate of drug-likeness (QED) is 0.879. The number of piperidine rings is 1. The highest BCUT2D eigenvalue weighted by atomic mass is 16.3. The van der Waals surface area contributed by atoms with Gasteiger partial charge in [-0.1, -0.05) is 24.3 Å². The minimum absolute atomic E-state index is 0.00842. The molecule has 4 heteroatoms. The number of pyridine rings is 1. The molecule has 0 spiro atoms. The molecule has 4 nitrogen and oxygen atoms in total. The molecule has 1 aliphatic rings. The summed E-state index contributed by atoms with van der Waals surface area (Å²) in [5, 5.41) is 21.8. The summed E-state index contributed by atoms with van der Waals surface area (Å²) in [4.78, 5) is 6.67. The van der Waals surface area contributed by atoms with Crippen molar-refractivity contribution in [2.45, 2.75) is 32.0 Å². The van der Waals surface area contributed by atoms with Crippen LogP contribution in [0.25, 0.3) is 10.8 Å². The molecule has 106 valence electrons. The molecule has 0 aliphatic carbocycles. The Morgan fingerprint density at radius 3 is 2.75 bits per heavy atom. The first-order chi connectivity index (χ1) is 9.61. The van der Waals surface area contributed by atoms with Gasteiger partial charge >= 0.3 is 0 Å². The molecule has 1 unspecified atom stereocenters. The van der Waals surface area contributed by atoms with Crippen LogP contribution in [0.2, 0.25) is 0 Å². The van der Waals surface area contributed by atoms with Crippen LogP contribution in [0.5, 0.6) is 0 Å². The van der Waals surface area contributed by atoms with Crippen LogP contribution in [-0.4, -0.2) is 33.9 Å². The SMILES string of the molecule is CC1(O)CCCN(c2ncc(CO)c3ccccc23)C1. The van der Waals surface area contributed by atoms with E-state index in [0.29, 0.717) is 6.54 Å². The smallest absolute Gasteiger partial charge is 0.136 e. The molecule has 1 aliphatic heterocycles. The first-order valence-corrected chi connectivity index (χ1v) is 7.05. The molecule has 2 N–H and O–H groups in total. The van der Waals surface area contributed by atoms with Gasteiger partial charge in [0.1, 0.15) is 5.82 Å². The third kappa shape index (κ3) is 2.37. The highest BCUT2D eigenvalue weighted by molar-refractivity contribution is 5.94. The van der Waals surface area contributed by atoms with Crippen molar-refractivity contribution < 1.29 is 10.2 Å². The van der Waals surface area contributed by atoms with Crippen molar-refractivity contribution in [2.75, 3.05) is 18.0 Å². The van der Waals surface area contributed by atoms with Crippen LogP contribution in [0.1, 0.15) is 25.3 Å². The Morgan fingerprint density at radius 2 is 2.05 bits per heavy atom. The molecule has 0 amide bonds. The second-order valence-corrected chi connectivity index (χ2v) is 5.83. The molecule has 0 saturated carbocycles. The van der Waals surface area contributed by atoms with Crippen LogP contribution < -0.4 is 4.90 Å². The number of hydrogen-bond donors (Lipinski definition) is 2. The number of rotatable bonds is 2. The first-order valence-electron chi connectivity index (χ1n) is 7.05. The van der Waals surface area contributed by atoms with E-state index >= 15 is 0 Å². The van der Waals surface area contributed by atoms with E-state index in [4.69, 9.17) is 0 Å². The molecule has 1 saturated heterocycles. The maximum Gasteiger partial charge on any atom is 0.136 e. The molecule has 3 rings (SSSR count). The Labute approximate surface area is 118 Å². The van der Waals surface area contributed by atoms with Gasteiger partial charge in [0.15, 0.2) is 0 Å². The lowest BCUT2D eigenvalue weighted by Crippen LogP contribution is -2.46. The normalized spacial score (nSPS) is 23.2. The zero-order valence-electron chi connectivity index (χ0n) is 11.7. The molecule has 1 fully saturated rings. The second-order valence-electron chi connectivity index (χ2n) is 5.83. The molecular formula is C16H20N2O2. The summed E-state index contributed by atoms with van der Waals surface area (Å²) in [7, 11) is 0. The number of anilines is 1. The monoisotopic (exact) mass is 272 g/mol. The van der Waals surface area contributed by atoms with Gasteiger partial charge in [0.05, 0.1) is 12.2 Å². The van der Waals surface area contributed by atoms with Crippen molar-refractivity contribution in [1.82, 2.24) is 4.98 Å². The van der Waals surface area contributed by atoms with Gasteiger partial charge in [-0.25, -0.2) is 4.98 Å². The summed E-state index contributed by atoms with van der Waals surface area (Å²) < 4.78 is 0. The van der Waals surface area contributed by atoms with Crippen LogP contribution in [0, 0.1) is 0 Å². The highest BCUT2D eigenvalue weighted by Gasteiger charge is 2.29. The summed E-state index contributed by atoms with van der Waals surface area (Å²) in [5.74, 6) is 0.901. The Balaban J connectivity index is 2.08. The fraction of sp³-hybridized carbons (Fsp3) is 0.438. The van der Waals surface area contributed by atoms with Gasteiger partial charge in [-0.3, -0.25) is 0 Å². The van der Waals surface area contributed by atoms with E-state index in [1.807, 2.05) is 31.2 Å². The van der Waals surface area contributed by atoms with Crippen LogP contribution in [-0.2, 0) is 6.61 Å². The van der Waals surface area contributed by atoms with Gasteiger partial charge in [0, 0.05) is 30.2 Å². The van der Waals surface area contributed by atoms with Gasteiger partial charge in [-0.15, -0.1) is 0 Å². The van der Waals surface area contributed by atoms with Crippen molar-refractivity contribution in [1.29, 1.82) is 0 Å². The summed E-state index contributed by atoms with van der Waals surface area (Å²) in [6.07, 6.45) is 3.53. The minimum atomic E-state index is -0.656. The van der Waals surface area contributed by atoms with Gasteiger partial charge < -0.3 is 15.1 Å². The van der Waals surface area contributed by atoms with Crippen molar-refractivity contribution >= 4 is 16.6 Å². The zero-order chi connectivity index (χ0) is 14.2. The molecule has 20 heavy (non-hydrogen) atoms. The molecule has 2 heterocycles. The lowest BCUT2D eigenvalue weighted by Gasteiger charge is -2.38. The summed E-state index contributed by atoms with van der Waals surface area (Å²) in [6, 6.07) is 7.99. The molecule has 1 aromatic heterocycles.